The van der Waals surface area contributed by atoms with Crippen molar-refractivity contribution in [3.8, 4) is 0 Å². The Morgan fingerprint density at radius 1 is 1.04 bits per heavy atom. The number of nitrogens with zero attached hydrogens (tertiary/aromatic N) is 1. The van der Waals surface area contributed by atoms with Gasteiger partial charge < -0.3 is 5.32 Å². The number of aryl methyl sites for hydroxylation is 1. The molecular weight excluding hydrogens is 438 g/mol. The molecule has 0 aliphatic rings. The third-order valence-electron chi connectivity index (χ3n) is 3.11. The first-order valence-corrected chi connectivity index (χ1v) is 9.47. The number of thioether (sulfide) groups is 1. The number of halogens is 4. The number of rotatable bonds is 6. The zero-order chi connectivity index (χ0) is 19.3. The molecule has 2 aromatic carbocycles. The van der Waals surface area contributed by atoms with Gasteiger partial charge in [-0.15, -0.1) is 0 Å². The molecule has 2 aromatic rings. The molecule has 0 amide bonds. The van der Waals surface area contributed by atoms with Gasteiger partial charge in [0.05, 0.1) is 4.92 Å². The Morgan fingerprint density at radius 3 is 2.12 bits per heavy atom. The lowest BCUT2D eigenvalue weighted by Crippen LogP contribution is -2.09. The van der Waals surface area contributed by atoms with Gasteiger partial charge >= 0.3 is 5.70 Å². The third-order valence-corrected chi connectivity index (χ3v) is 5.31. The fourth-order valence-electron chi connectivity index (χ4n) is 1.87. The smallest absolute Gasteiger partial charge is 0.320 e. The standard InChI is InChI=1S/C17H12Cl4N2O2S/c1-10-2-8-13(9-3-10)26-17(15(23(24)25)14(19)16(20)21)22-12-6-4-11(18)5-7-12/h2-9,22H,1H3. The molecule has 0 saturated heterocycles. The van der Waals surface area contributed by atoms with Crippen molar-refractivity contribution in [2.24, 2.45) is 0 Å². The number of hydrogen-bond donors (Lipinski definition) is 1. The Kier molecular flexibility index (Phi) is 7.68. The van der Waals surface area contributed by atoms with Crippen LogP contribution in [0.1, 0.15) is 5.56 Å². The Labute approximate surface area is 174 Å². The molecule has 0 unspecified atom stereocenters. The van der Waals surface area contributed by atoms with E-state index in [2.05, 4.69) is 5.32 Å². The largest absolute Gasteiger partial charge is 0.344 e. The second kappa shape index (κ2) is 9.53. The summed E-state index contributed by atoms with van der Waals surface area (Å²) in [4.78, 5) is 11.8. The second-order valence-corrected chi connectivity index (χ2v) is 7.90. The number of benzene rings is 2. The quantitative estimate of drug-likeness (QED) is 0.219. The number of hydrogen-bond acceptors (Lipinski definition) is 4. The van der Waals surface area contributed by atoms with E-state index in [1.54, 1.807) is 24.3 Å². The summed E-state index contributed by atoms with van der Waals surface area (Å²) in [6.45, 7) is 1.95. The maximum atomic E-state index is 11.6. The van der Waals surface area contributed by atoms with E-state index in [0.717, 1.165) is 22.2 Å². The summed E-state index contributed by atoms with van der Waals surface area (Å²) < 4.78 is -0.390. The van der Waals surface area contributed by atoms with Gasteiger partial charge in [0.2, 0.25) is 0 Å². The average molecular weight is 450 g/mol. The van der Waals surface area contributed by atoms with Crippen molar-refractivity contribution in [2.45, 2.75) is 11.8 Å². The lowest BCUT2D eigenvalue weighted by Gasteiger charge is -2.12. The highest BCUT2D eigenvalue weighted by Crippen LogP contribution is 2.36. The van der Waals surface area contributed by atoms with Gasteiger partial charge in [0.1, 0.15) is 4.49 Å². The molecule has 0 spiro atoms. The van der Waals surface area contributed by atoms with Gasteiger partial charge in [0.25, 0.3) is 0 Å². The molecule has 2 rings (SSSR count). The number of anilines is 1. The van der Waals surface area contributed by atoms with Crippen LogP contribution < -0.4 is 5.32 Å². The number of nitro groups is 1. The molecular formula is C17H12Cl4N2O2S. The van der Waals surface area contributed by atoms with E-state index in [9.17, 15) is 10.1 Å². The monoisotopic (exact) mass is 448 g/mol. The lowest BCUT2D eigenvalue weighted by molar-refractivity contribution is -0.420. The van der Waals surface area contributed by atoms with Gasteiger partial charge in [0.15, 0.2) is 10.1 Å². The van der Waals surface area contributed by atoms with Gasteiger partial charge in [-0.1, -0.05) is 75.9 Å². The van der Waals surface area contributed by atoms with Crippen molar-refractivity contribution < 1.29 is 4.92 Å². The van der Waals surface area contributed by atoms with Crippen molar-refractivity contribution >= 4 is 63.9 Å². The molecule has 0 saturated carbocycles. The predicted octanol–water partition coefficient (Wildman–Crippen LogP) is 7.18. The molecule has 26 heavy (non-hydrogen) atoms. The van der Waals surface area contributed by atoms with Crippen molar-refractivity contribution in [1.82, 2.24) is 0 Å². The molecule has 0 aliphatic heterocycles. The average Bonchev–Trinajstić information content (AvgIpc) is 2.58. The van der Waals surface area contributed by atoms with E-state index in [1.807, 2.05) is 31.2 Å². The van der Waals surface area contributed by atoms with E-state index < -0.39 is 15.1 Å². The minimum Gasteiger partial charge on any atom is -0.344 e. The van der Waals surface area contributed by atoms with Gasteiger partial charge in [0, 0.05) is 15.6 Å². The molecule has 0 bridgehead atoms. The second-order valence-electron chi connectivity index (χ2n) is 5.06. The summed E-state index contributed by atoms with van der Waals surface area (Å²) in [6.07, 6.45) is 0. The minimum absolute atomic E-state index is 0.171. The molecule has 0 aliphatic carbocycles. The summed E-state index contributed by atoms with van der Waals surface area (Å²) in [5.74, 6) is 0. The van der Waals surface area contributed by atoms with Crippen molar-refractivity contribution in [2.75, 3.05) is 5.32 Å². The van der Waals surface area contributed by atoms with Crippen LogP contribution in [0.25, 0.3) is 0 Å². The fourth-order valence-corrected chi connectivity index (χ4v) is 3.35. The van der Waals surface area contributed by atoms with Crippen LogP contribution in [0.3, 0.4) is 0 Å². The van der Waals surface area contributed by atoms with Crippen molar-refractivity contribution in [3.63, 3.8) is 0 Å². The van der Waals surface area contributed by atoms with E-state index in [-0.39, 0.29) is 10.1 Å². The van der Waals surface area contributed by atoms with Gasteiger partial charge in [-0.2, -0.15) is 0 Å². The van der Waals surface area contributed by atoms with Crippen LogP contribution >= 0.6 is 58.2 Å². The van der Waals surface area contributed by atoms with Crippen LogP contribution in [0.15, 0.2) is 73.7 Å². The van der Waals surface area contributed by atoms with E-state index in [4.69, 9.17) is 46.4 Å². The predicted molar refractivity (Wildman–Crippen MR) is 111 cm³/mol. The maximum Gasteiger partial charge on any atom is 0.320 e. The Bertz CT molecular complexity index is 812. The normalized spacial score (nSPS) is 11.6. The molecule has 136 valence electrons. The SMILES string of the molecule is Cc1ccc(SC(Nc2ccc(Cl)cc2)=C(C(Cl)=C(Cl)Cl)[N+](=O)[O-])cc1. The molecule has 1 N–H and O–H groups in total. The zero-order valence-electron chi connectivity index (χ0n) is 13.3. The first-order valence-electron chi connectivity index (χ1n) is 7.15. The highest BCUT2D eigenvalue weighted by Gasteiger charge is 2.26. The summed E-state index contributed by atoms with van der Waals surface area (Å²) in [5.41, 5.74) is 1.24. The molecule has 0 atom stereocenters. The highest BCUT2D eigenvalue weighted by atomic mass is 35.5. The molecule has 0 fully saturated rings. The molecule has 0 radical (unpaired) electrons. The van der Waals surface area contributed by atoms with Crippen LogP contribution in [0.4, 0.5) is 5.69 Å². The summed E-state index contributed by atoms with van der Waals surface area (Å²) >= 11 is 24.4. The Balaban J connectivity index is 2.53. The van der Waals surface area contributed by atoms with Crippen LogP contribution in [0, 0.1) is 17.0 Å². The van der Waals surface area contributed by atoms with Crippen molar-refractivity contribution in [3.05, 3.63) is 89.5 Å². The van der Waals surface area contributed by atoms with E-state index in [1.165, 1.54) is 0 Å². The van der Waals surface area contributed by atoms with Crippen LogP contribution in [0.5, 0.6) is 0 Å². The van der Waals surface area contributed by atoms with Crippen LogP contribution in [-0.4, -0.2) is 4.92 Å². The van der Waals surface area contributed by atoms with Gasteiger partial charge in [-0.05, 0) is 43.3 Å². The van der Waals surface area contributed by atoms with Crippen LogP contribution in [-0.2, 0) is 0 Å². The van der Waals surface area contributed by atoms with E-state index in [0.29, 0.717) is 10.7 Å². The number of allylic oxidation sites excluding steroid dienone is 1. The van der Waals surface area contributed by atoms with Gasteiger partial charge in [-0.25, -0.2) is 0 Å². The lowest BCUT2D eigenvalue weighted by atomic mass is 10.2. The third kappa shape index (κ3) is 5.83. The molecule has 4 nitrogen and oxygen atoms in total. The summed E-state index contributed by atoms with van der Waals surface area (Å²) in [6, 6.07) is 14.2. The summed E-state index contributed by atoms with van der Waals surface area (Å²) in [7, 11) is 0. The van der Waals surface area contributed by atoms with Gasteiger partial charge in [-0.3, -0.25) is 10.1 Å². The van der Waals surface area contributed by atoms with Crippen molar-refractivity contribution in [1.29, 1.82) is 0 Å². The topological polar surface area (TPSA) is 55.2 Å². The highest BCUT2D eigenvalue weighted by molar-refractivity contribution is 8.03. The fraction of sp³-hybridized carbons (Fsp3) is 0.0588. The maximum absolute atomic E-state index is 11.6. The minimum atomic E-state index is -0.632. The molecule has 0 aromatic heterocycles. The van der Waals surface area contributed by atoms with Crippen LogP contribution in [0.2, 0.25) is 5.02 Å². The summed E-state index contributed by atoms with van der Waals surface area (Å²) in [5, 5.41) is 15.0. The Hall–Kier alpha value is -1.37. The van der Waals surface area contributed by atoms with E-state index >= 15 is 0 Å². The first kappa shape index (κ1) is 20.9. The molecule has 9 heteroatoms. The number of nitrogens with one attached hydrogen (secondary N) is 1. The first-order chi connectivity index (χ1) is 12.3. The Morgan fingerprint density at radius 2 is 1.62 bits per heavy atom. The molecule has 0 heterocycles. The zero-order valence-corrected chi connectivity index (χ0v) is 17.1.